The van der Waals surface area contributed by atoms with Gasteiger partial charge in [-0.15, -0.1) is 0 Å². The van der Waals surface area contributed by atoms with Gasteiger partial charge in [0.15, 0.2) is 0 Å². The maximum Gasteiger partial charge on any atom is 0.0939 e. The maximum atomic E-state index is 6.12. The summed E-state index contributed by atoms with van der Waals surface area (Å²) in [7, 11) is 0. The van der Waals surface area contributed by atoms with E-state index >= 15 is 0 Å². The van der Waals surface area contributed by atoms with E-state index < -0.39 is 0 Å². The van der Waals surface area contributed by atoms with E-state index in [1.165, 1.54) is 5.56 Å². The highest BCUT2D eigenvalue weighted by molar-refractivity contribution is 9.10. The van der Waals surface area contributed by atoms with Crippen LogP contribution in [-0.2, 0) is 6.42 Å². The van der Waals surface area contributed by atoms with Crippen molar-refractivity contribution in [3.05, 3.63) is 69.5 Å². The molecule has 100 valence electrons. The molecule has 0 bridgehead atoms. The first-order valence-corrected chi connectivity index (χ1v) is 7.28. The molecule has 0 amide bonds. The highest BCUT2D eigenvalue weighted by Gasteiger charge is 2.08. The lowest BCUT2D eigenvalue weighted by atomic mass is 10.1. The number of pyridine rings is 1. The third-order valence-corrected chi connectivity index (χ3v) is 3.82. The molecule has 5 heteroatoms. The molecule has 20 heavy (non-hydrogen) atoms. The molecule has 0 atom stereocenters. The molecule has 2 aromatic heterocycles. The summed E-state index contributed by atoms with van der Waals surface area (Å²) in [6.07, 6.45) is 4.15. The van der Waals surface area contributed by atoms with Crippen LogP contribution in [0.3, 0.4) is 0 Å². The van der Waals surface area contributed by atoms with Crippen LogP contribution in [0.25, 0.3) is 11.3 Å². The van der Waals surface area contributed by atoms with E-state index in [-0.39, 0.29) is 0 Å². The van der Waals surface area contributed by atoms with Crippen molar-refractivity contribution in [2.45, 2.75) is 6.42 Å². The summed E-state index contributed by atoms with van der Waals surface area (Å²) in [4.78, 5) is 3.98. The monoisotopic (exact) mass is 347 g/mol. The number of hydrogen-bond donors (Lipinski definition) is 1. The highest BCUT2D eigenvalue weighted by atomic mass is 79.9. The van der Waals surface area contributed by atoms with Crippen LogP contribution in [0.5, 0.6) is 0 Å². The molecular weight excluding hydrogens is 338 g/mol. The first kappa shape index (κ1) is 13.3. The zero-order valence-electron chi connectivity index (χ0n) is 10.5. The molecule has 2 heterocycles. The van der Waals surface area contributed by atoms with Crippen molar-refractivity contribution in [2.75, 3.05) is 0 Å². The number of halogens is 2. The van der Waals surface area contributed by atoms with Crippen LogP contribution < -0.4 is 0 Å². The summed E-state index contributed by atoms with van der Waals surface area (Å²) in [5, 5.41) is 7.97. The molecule has 0 spiro atoms. The summed E-state index contributed by atoms with van der Waals surface area (Å²) in [5.74, 6) is 0. The van der Waals surface area contributed by atoms with Gasteiger partial charge in [-0.1, -0.05) is 39.7 Å². The van der Waals surface area contributed by atoms with Crippen molar-refractivity contribution in [3.63, 3.8) is 0 Å². The van der Waals surface area contributed by atoms with Crippen LogP contribution >= 0.6 is 27.5 Å². The molecule has 0 radical (unpaired) electrons. The Hall–Kier alpha value is -1.65. The number of hydrogen-bond acceptors (Lipinski definition) is 2. The van der Waals surface area contributed by atoms with Crippen molar-refractivity contribution >= 4 is 27.5 Å². The first-order chi connectivity index (χ1) is 9.72. The van der Waals surface area contributed by atoms with Crippen molar-refractivity contribution in [1.82, 2.24) is 15.2 Å². The van der Waals surface area contributed by atoms with Crippen LogP contribution in [-0.4, -0.2) is 15.2 Å². The lowest BCUT2D eigenvalue weighted by molar-refractivity contribution is 0.998. The molecule has 0 aliphatic carbocycles. The summed E-state index contributed by atoms with van der Waals surface area (Å²) < 4.78 is 1.08. The molecule has 0 saturated heterocycles. The smallest absolute Gasteiger partial charge is 0.0939 e. The Labute approximate surface area is 130 Å². The summed E-state index contributed by atoms with van der Waals surface area (Å²) in [6, 6.07) is 12.1. The number of benzene rings is 1. The predicted molar refractivity (Wildman–Crippen MR) is 83.8 cm³/mol. The van der Waals surface area contributed by atoms with Crippen molar-refractivity contribution in [1.29, 1.82) is 0 Å². The van der Waals surface area contributed by atoms with Gasteiger partial charge >= 0.3 is 0 Å². The van der Waals surface area contributed by atoms with E-state index in [1.807, 2.05) is 24.3 Å². The van der Waals surface area contributed by atoms with Gasteiger partial charge in [0.25, 0.3) is 0 Å². The van der Waals surface area contributed by atoms with E-state index in [1.54, 1.807) is 12.4 Å². The maximum absolute atomic E-state index is 6.12. The first-order valence-electron chi connectivity index (χ1n) is 6.11. The second-order valence-electron chi connectivity index (χ2n) is 4.44. The van der Waals surface area contributed by atoms with Gasteiger partial charge in [-0.05, 0) is 29.8 Å². The van der Waals surface area contributed by atoms with E-state index in [0.29, 0.717) is 5.02 Å². The zero-order chi connectivity index (χ0) is 13.9. The Balaban J connectivity index is 1.84. The minimum atomic E-state index is 0.606. The highest BCUT2D eigenvalue weighted by Crippen LogP contribution is 2.26. The van der Waals surface area contributed by atoms with Crippen molar-refractivity contribution in [2.24, 2.45) is 0 Å². The van der Waals surface area contributed by atoms with Gasteiger partial charge in [0.05, 0.1) is 10.7 Å². The predicted octanol–water partition coefficient (Wildman–Crippen LogP) is 4.48. The standard InChI is InChI=1S/C15H11BrClN3/c16-11-3-1-10(2-4-11)7-12-8-15(20-19-12)13-5-6-18-9-14(13)17/h1-6,8-9H,7H2,(H,19,20). The van der Waals surface area contributed by atoms with Gasteiger partial charge in [0, 0.05) is 34.5 Å². The number of nitrogens with zero attached hydrogens (tertiary/aromatic N) is 2. The molecule has 0 aliphatic rings. The summed E-state index contributed by atoms with van der Waals surface area (Å²) in [6.45, 7) is 0. The van der Waals surface area contributed by atoms with Gasteiger partial charge in [-0.3, -0.25) is 10.1 Å². The lowest BCUT2D eigenvalue weighted by Crippen LogP contribution is -1.87. The van der Waals surface area contributed by atoms with Gasteiger partial charge < -0.3 is 0 Å². The molecule has 0 saturated carbocycles. The Bertz CT molecular complexity index is 722. The van der Waals surface area contributed by atoms with Crippen molar-refractivity contribution in [3.8, 4) is 11.3 Å². The molecule has 3 nitrogen and oxygen atoms in total. The molecule has 0 aliphatic heterocycles. The fraction of sp³-hybridized carbons (Fsp3) is 0.0667. The largest absolute Gasteiger partial charge is 0.282 e. The van der Waals surface area contributed by atoms with Crippen LogP contribution in [0.4, 0.5) is 0 Å². The summed E-state index contributed by atoms with van der Waals surface area (Å²) in [5.41, 5.74) is 4.00. The van der Waals surface area contributed by atoms with Gasteiger partial charge in [-0.25, -0.2) is 0 Å². The number of rotatable bonds is 3. The van der Waals surface area contributed by atoms with Crippen LogP contribution in [0.1, 0.15) is 11.3 Å². The number of nitrogens with one attached hydrogen (secondary N) is 1. The number of aromatic nitrogens is 3. The molecule has 1 aromatic carbocycles. The Morgan fingerprint density at radius 1 is 1.15 bits per heavy atom. The van der Waals surface area contributed by atoms with E-state index in [2.05, 4.69) is 43.2 Å². The summed E-state index contributed by atoms with van der Waals surface area (Å²) >= 11 is 9.56. The number of H-pyrrole nitrogens is 1. The molecule has 0 fully saturated rings. The fourth-order valence-corrected chi connectivity index (χ4v) is 2.48. The molecule has 0 unspecified atom stereocenters. The second kappa shape index (κ2) is 5.77. The Morgan fingerprint density at radius 2 is 1.95 bits per heavy atom. The minimum Gasteiger partial charge on any atom is -0.282 e. The van der Waals surface area contributed by atoms with Crippen LogP contribution in [0.2, 0.25) is 5.02 Å². The van der Waals surface area contributed by atoms with Crippen molar-refractivity contribution < 1.29 is 0 Å². The molecular formula is C15H11BrClN3. The zero-order valence-corrected chi connectivity index (χ0v) is 12.8. The van der Waals surface area contributed by atoms with Gasteiger partial charge in [0.2, 0.25) is 0 Å². The molecule has 3 rings (SSSR count). The normalized spacial score (nSPS) is 10.7. The Morgan fingerprint density at radius 3 is 2.70 bits per heavy atom. The molecule has 1 N–H and O–H groups in total. The van der Waals surface area contributed by atoms with Crippen LogP contribution in [0.15, 0.2) is 53.3 Å². The Kier molecular flexibility index (Phi) is 3.85. The van der Waals surface area contributed by atoms with Gasteiger partial charge in [-0.2, -0.15) is 5.10 Å². The van der Waals surface area contributed by atoms with E-state index in [4.69, 9.17) is 11.6 Å². The minimum absolute atomic E-state index is 0.606. The van der Waals surface area contributed by atoms with Gasteiger partial charge in [0.1, 0.15) is 0 Å². The fourth-order valence-electron chi connectivity index (χ4n) is 2.00. The number of aromatic amines is 1. The SMILES string of the molecule is Clc1cnccc1-c1cc(Cc2ccc(Br)cc2)[nH]n1. The third kappa shape index (κ3) is 2.92. The lowest BCUT2D eigenvalue weighted by Gasteiger charge is -1.99. The topological polar surface area (TPSA) is 41.6 Å². The molecule has 3 aromatic rings. The van der Waals surface area contributed by atoms with E-state index in [0.717, 1.165) is 27.8 Å². The van der Waals surface area contributed by atoms with Crippen LogP contribution in [0, 0.1) is 0 Å². The third-order valence-electron chi connectivity index (χ3n) is 2.99. The second-order valence-corrected chi connectivity index (χ2v) is 5.76. The van der Waals surface area contributed by atoms with E-state index in [9.17, 15) is 0 Å². The quantitative estimate of drug-likeness (QED) is 0.758. The average molecular weight is 349 g/mol. The average Bonchev–Trinajstić information content (AvgIpc) is 2.90.